The molecule has 0 saturated heterocycles. The van der Waals surface area contributed by atoms with E-state index in [9.17, 15) is 13.2 Å². The van der Waals surface area contributed by atoms with Gasteiger partial charge in [0.25, 0.3) is 10.0 Å². The Hall–Kier alpha value is -1.29. The quantitative estimate of drug-likeness (QED) is 0.757. The fraction of sp³-hybridized carbons (Fsp3) is 0.467. The third-order valence-electron chi connectivity index (χ3n) is 3.80. The molecule has 2 heterocycles. The topological polar surface area (TPSA) is 79.4 Å². The van der Waals surface area contributed by atoms with Crippen LogP contribution in [0.4, 0.5) is 5.13 Å². The number of thiazole rings is 1. The third-order valence-corrected chi connectivity index (χ3v) is 7.81. The van der Waals surface area contributed by atoms with Gasteiger partial charge in [0.1, 0.15) is 4.21 Å². The van der Waals surface area contributed by atoms with Gasteiger partial charge in [-0.1, -0.05) is 6.07 Å². The van der Waals surface area contributed by atoms with Crippen LogP contribution in [0.15, 0.2) is 27.1 Å². The summed E-state index contributed by atoms with van der Waals surface area (Å²) in [7, 11) is -1.90. The maximum atomic E-state index is 12.3. The molecule has 0 spiro atoms. The highest BCUT2D eigenvalue weighted by Crippen LogP contribution is 2.40. The van der Waals surface area contributed by atoms with Crippen LogP contribution < -0.4 is 5.32 Å². The molecule has 0 aliphatic heterocycles. The fourth-order valence-electron chi connectivity index (χ4n) is 2.24. The van der Waals surface area contributed by atoms with Crippen molar-refractivity contribution in [2.75, 3.05) is 18.9 Å². The SMILES string of the molecule is CN(CCCC(=O)Nc1nc(C2CC2)cs1)S(=O)(=O)c1cccs1. The minimum atomic E-state index is -3.44. The van der Waals surface area contributed by atoms with E-state index < -0.39 is 10.0 Å². The smallest absolute Gasteiger partial charge is 0.252 e. The van der Waals surface area contributed by atoms with E-state index in [1.807, 2.05) is 5.38 Å². The van der Waals surface area contributed by atoms with Gasteiger partial charge in [-0.3, -0.25) is 4.79 Å². The number of rotatable bonds is 8. The van der Waals surface area contributed by atoms with E-state index in [0.717, 1.165) is 5.69 Å². The summed E-state index contributed by atoms with van der Waals surface area (Å²) >= 11 is 2.63. The molecule has 0 aromatic carbocycles. The van der Waals surface area contributed by atoms with E-state index in [4.69, 9.17) is 0 Å². The summed E-state index contributed by atoms with van der Waals surface area (Å²) < 4.78 is 26.1. The second-order valence-electron chi connectivity index (χ2n) is 5.76. The number of amides is 1. The van der Waals surface area contributed by atoms with Crippen LogP contribution in [0.3, 0.4) is 0 Å². The molecule has 1 aliphatic rings. The summed E-state index contributed by atoms with van der Waals surface area (Å²) in [6.45, 7) is 0.304. The van der Waals surface area contributed by atoms with Crippen LogP contribution >= 0.6 is 22.7 Å². The van der Waals surface area contributed by atoms with Gasteiger partial charge in [0, 0.05) is 31.3 Å². The van der Waals surface area contributed by atoms with Crippen LogP contribution in [0.25, 0.3) is 0 Å². The molecule has 1 N–H and O–H groups in total. The average molecular weight is 386 g/mol. The average Bonchev–Trinajstić information content (AvgIpc) is 3.04. The number of sulfonamides is 1. The zero-order valence-corrected chi connectivity index (χ0v) is 15.7. The highest BCUT2D eigenvalue weighted by Gasteiger charge is 2.26. The first-order chi connectivity index (χ1) is 11.5. The van der Waals surface area contributed by atoms with Crippen LogP contribution in [0.1, 0.15) is 37.3 Å². The molecule has 3 rings (SSSR count). The zero-order chi connectivity index (χ0) is 17.2. The Labute approximate surface area is 149 Å². The fourth-order valence-corrected chi connectivity index (χ4v) is 5.46. The lowest BCUT2D eigenvalue weighted by atomic mass is 10.3. The van der Waals surface area contributed by atoms with Crippen LogP contribution in [-0.4, -0.2) is 37.2 Å². The first-order valence-corrected chi connectivity index (χ1v) is 10.9. The first kappa shape index (κ1) is 17.5. The van der Waals surface area contributed by atoms with E-state index in [0.29, 0.717) is 28.2 Å². The van der Waals surface area contributed by atoms with Crippen LogP contribution in [0, 0.1) is 0 Å². The maximum absolute atomic E-state index is 12.3. The standard InChI is InChI=1S/C15H19N3O3S3/c1-18(24(20,21)14-5-3-9-22-14)8-2-4-13(19)17-15-16-12(10-23-15)11-6-7-11/h3,5,9-11H,2,4,6-8H2,1H3,(H,16,17,19). The number of hydrogen-bond donors (Lipinski definition) is 1. The molecular formula is C15H19N3O3S3. The molecule has 1 fully saturated rings. The molecule has 9 heteroatoms. The zero-order valence-electron chi connectivity index (χ0n) is 13.3. The maximum Gasteiger partial charge on any atom is 0.252 e. The van der Waals surface area contributed by atoms with Crippen molar-refractivity contribution >= 4 is 43.7 Å². The molecule has 130 valence electrons. The molecular weight excluding hydrogens is 366 g/mol. The lowest BCUT2D eigenvalue weighted by molar-refractivity contribution is -0.116. The number of aromatic nitrogens is 1. The highest BCUT2D eigenvalue weighted by molar-refractivity contribution is 7.91. The highest BCUT2D eigenvalue weighted by atomic mass is 32.2. The Morgan fingerprint density at radius 2 is 2.21 bits per heavy atom. The van der Waals surface area contributed by atoms with E-state index in [1.165, 1.54) is 46.9 Å². The molecule has 0 bridgehead atoms. The van der Waals surface area contributed by atoms with Crippen molar-refractivity contribution in [3.63, 3.8) is 0 Å². The lowest BCUT2D eigenvalue weighted by Gasteiger charge is -2.15. The summed E-state index contributed by atoms with van der Waals surface area (Å²) in [5.74, 6) is 0.441. The molecule has 0 unspecified atom stereocenters. The van der Waals surface area contributed by atoms with Crippen LogP contribution in [-0.2, 0) is 14.8 Å². The molecule has 0 atom stereocenters. The van der Waals surface area contributed by atoms with Gasteiger partial charge < -0.3 is 5.32 Å². The number of carbonyl (C=O) groups is 1. The van der Waals surface area contributed by atoms with Crippen molar-refractivity contribution < 1.29 is 13.2 Å². The number of thiophene rings is 1. The van der Waals surface area contributed by atoms with Gasteiger partial charge in [0.2, 0.25) is 5.91 Å². The summed E-state index contributed by atoms with van der Waals surface area (Å²) in [5, 5.41) is 7.14. The number of carbonyl (C=O) groups excluding carboxylic acids is 1. The molecule has 1 aliphatic carbocycles. The van der Waals surface area contributed by atoms with Crippen molar-refractivity contribution in [2.45, 2.75) is 35.8 Å². The third kappa shape index (κ3) is 4.21. The molecule has 0 radical (unpaired) electrons. The first-order valence-electron chi connectivity index (χ1n) is 7.72. The minimum absolute atomic E-state index is 0.131. The van der Waals surface area contributed by atoms with Crippen molar-refractivity contribution in [2.24, 2.45) is 0 Å². The Morgan fingerprint density at radius 3 is 2.88 bits per heavy atom. The van der Waals surface area contributed by atoms with Crippen molar-refractivity contribution in [3.05, 3.63) is 28.6 Å². The molecule has 24 heavy (non-hydrogen) atoms. The van der Waals surface area contributed by atoms with Crippen molar-refractivity contribution in [1.82, 2.24) is 9.29 Å². The predicted molar refractivity (Wildman–Crippen MR) is 96.1 cm³/mol. The van der Waals surface area contributed by atoms with Gasteiger partial charge >= 0.3 is 0 Å². The number of nitrogens with zero attached hydrogens (tertiary/aromatic N) is 2. The molecule has 6 nitrogen and oxygen atoms in total. The lowest BCUT2D eigenvalue weighted by Crippen LogP contribution is -2.28. The predicted octanol–water partition coefficient (Wildman–Crippen LogP) is 3.12. The molecule has 1 amide bonds. The number of hydrogen-bond acceptors (Lipinski definition) is 6. The van der Waals surface area contributed by atoms with Crippen LogP contribution in [0.5, 0.6) is 0 Å². The monoisotopic (exact) mass is 385 g/mol. The molecule has 2 aromatic rings. The second-order valence-corrected chi connectivity index (χ2v) is 9.84. The van der Waals surface area contributed by atoms with Crippen molar-refractivity contribution in [3.8, 4) is 0 Å². The van der Waals surface area contributed by atoms with Gasteiger partial charge in [-0.25, -0.2) is 17.7 Å². The van der Waals surface area contributed by atoms with Gasteiger partial charge in [-0.05, 0) is 30.7 Å². The Morgan fingerprint density at radius 1 is 1.42 bits per heavy atom. The van der Waals surface area contributed by atoms with Crippen molar-refractivity contribution in [1.29, 1.82) is 0 Å². The van der Waals surface area contributed by atoms with E-state index in [-0.39, 0.29) is 12.3 Å². The van der Waals surface area contributed by atoms with E-state index >= 15 is 0 Å². The summed E-state index contributed by atoms with van der Waals surface area (Å²) in [6, 6.07) is 3.30. The van der Waals surface area contributed by atoms with Gasteiger partial charge in [0.15, 0.2) is 5.13 Å². The van der Waals surface area contributed by atoms with E-state index in [2.05, 4.69) is 10.3 Å². The Balaban J connectivity index is 1.44. The van der Waals surface area contributed by atoms with E-state index in [1.54, 1.807) is 17.5 Å². The second kappa shape index (κ2) is 7.30. The Bertz CT molecular complexity index is 795. The van der Waals surface area contributed by atoms with Gasteiger partial charge in [-0.2, -0.15) is 0 Å². The normalized spacial score (nSPS) is 14.9. The molecule has 1 saturated carbocycles. The summed E-state index contributed by atoms with van der Waals surface area (Å²) in [6.07, 6.45) is 3.10. The van der Waals surface area contributed by atoms with Gasteiger partial charge in [0.05, 0.1) is 5.69 Å². The Kier molecular flexibility index (Phi) is 5.33. The number of anilines is 1. The van der Waals surface area contributed by atoms with Gasteiger partial charge in [-0.15, -0.1) is 22.7 Å². The van der Waals surface area contributed by atoms with Crippen LogP contribution in [0.2, 0.25) is 0 Å². The summed E-state index contributed by atoms with van der Waals surface area (Å²) in [5.41, 5.74) is 1.07. The largest absolute Gasteiger partial charge is 0.302 e. The number of nitrogens with one attached hydrogen (secondary N) is 1. The minimum Gasteiger partial charge on any atom is -0.302 e. The summed E-state index contributed by atoms with van der Waals surface area (Å²) in [4.78, 5) is 16.4. The molecule has 2 aromatic heterocycles.